The second kappa shape index (κ2) is 2.99. The highest BCUT2D eigenvalue weighted by molar-refractivity contribution is 5.78. The summed E-state index contributed by atoms with van der Waals surface area (Å²) in [5, 5.41) is 14.0. The molecule has 0 N–H and O–H groups in total. The summed E-state index contributed by atoms with van der Waals surface area (Å²) in [6, 6.07) is -0.662. The molecule has 1 aliphatic heterocycles. The monoisotopic (exact) mass is 192 g/mol. The summed E-state index contributed by atoms with van der Waals surface area (Å²) >= 11 is 0. The van der Waals surface area contributed by atoms with E-state index in [1.165, 1.54) is 0 Å². The number of nitrogens with zero attached hydrogens (tertiary/aromatic N) is 3. The maximum atomic E-state index is 11.2. The lowest BCUT2D eigenvalue weighted by Gasteiger charge is -2.08. The Labute approximate surface area is 78.6 Å². The van der Waals surface area contributed by atoms with Crippen LogP contribution in [0.2, 0.25) is 0 Å². The molecule has 1 aliphatic carbocycles. The molecule has 1 atom stereocenters. The molecule has 0 spiro atoms. The van der Waals surface area contributed by atoms with Crippen LogP contribution in [0.5, 0.6) is 0 Å². The van der Waals surface area contributed by atoms with Crippen LogP contribution in [0.1, 0.15) is 0 Å². The lowest BCUT2D eigenvalue weighted by molar-refractivity contribution is -0.575. The van der Waals surface area contributed by atoms with Crippen LogP contribution in [-0.4, -0.2) is 22.0 Å². The van der Waals surface area contributed by atoms with Gasteiger partial charge in [0.2, 0.25) is 0 Å². The summed E-state index contributed by atoms with van der Waals surface area (Å²) in [4.78, 5) is 21.7. The molecule has 0 aromatic carbocycles. The van der Waals surface area contributed by atoms with Crippen molar-refractivity contribution < 1.29 is 9.79 Å². The third-order valence-electron chi connectivity index (χ3n) is 2.02. The Balaban J connectivity index is 2.55. The zero-order chi connectivity index (χ0) is 10.1. The van der Waals surface area contributed by atoms with Crippen molar-refractivity contribution in [2.24, 2.45) is 5.10 Å². The van der Waals surface area contributed by atoms with Gasteiger partial charge in [-0.15, -0.1) is 0 Å². The van der Waals surface area contributed by atoms with E-state index < -0.39 is 11.0 Å². The number of nitro groups is 1. The van der Waals surface area contributed by atoms with Gasteiger partial charge in [-0.3, -0.25) is 10.1 Å². The molecule has 2 rings (SSSR count). The van der Waals surface area contributed by atoms with Crippen molar-refractivity contribution in [2.45, 2.75) is 6.04 Å². The fraction of sp³-hybridized carbons (Fsp3) is 0.125. The van der Waals surface area contributed by atoms with Gasteiger partial charge in [-0.05, 0) is 12.2 Å². The molecule has 0 aromatic rings. The summed E-state index contributed by atoms with van der Waals surface area (Å²) in [5.74, 6) is 0. The third-order valence-corrected chi connectivity index (χ3v) is 2.02. The molecular formula is C8H6N3O3+. The highest BCUT2D eigenvalue weighted by Gasteiger charge is 2.38. The summed E-state index contributed by atoms with van der Waals surface area (Å²) in [6.45, 7) is 0. The number of hydrogen-bond donors (Lipinski definition) is 0. The Bertz CT molecular complexity index is 431. The Kier molecular flexibility index (Phi) is 1.81. The molecule has 2 aliphatic rings. The van der Waals surface area contributed by atoms with E-state index in [-0.39, 0.29) is 5.70 Å². The minimum Gasteiger partial charge on any atom is -0.258 e. The van der Waals surface area contributed by atoms with Gasteiger partial charge >= 0.3 is 5.70 Å². The first-order valence-corrected chi connectivity index (χ1v) is 3.94. The van der Waals surface area contributed by atoms with E-state index in [9.17, 15) is 15.0 Å². The van der Waals surface area contributed by atoms with Crippen molar-refractivity contribution in [3.8, 4) is 0 Å². The molecule has 14 heavy (non-hydrogen) atoms. The maximum Gasteiger partial charge on any atom is 0.304 e. The number of rotatable bonds is 1. The molecule has 0 aromatic heterocycles. The van der Waals surface area contributed by atoms with E-state index in [4.69, 9.17) is 0 Å². The van der Waals surface area contributed by atoms with Crippen molar-refractivity contribution in [3.05, 3.63) is 50.6 Å². The van der Waals surface area contributed by atoms with Crippen molar-refractivity contribution in [1.82, 2.24) is 0 Å². The highest BCUT2D eigenvalue weighted by Crippen LogP contribution is 2.21. The van der Waals surface area contributed by atoms with Gasteiger partial charge in [0.1, 0.15) is 5.57 Å². The van der Waals surface area contributed by atoms with Crippen LogP contribution < -0.4 is 0 Å². The predicted molar refractivity (Wildman–Crippen MR) is 48.2 cm³/mol. The van der Waals surface area contributed by atoms with Gasteiger partial charge in [0.15, 0.2) is 11.1 Å². The van der Waals surface area contributed by atoms with Crippen molar-refractivity contribution in [2.75, 3.05) is 0 Å². The van der Waals surface area contributed by atoms with E-state index in [1.807, 2.05) is 0 Å². The van der Waals surface area contributed by atoms with Crippen LogP contribution in [0.15, 0.2) is 40.7 Å². The van der Waals surface area contributed by atoms with Crippen LogP contribution >= 0.6 is 0 Å². The molecule has 0 radical (unpaired) electrons. The molecule has 0 fully saturated rings. The number of nitroso groups, excluding NO2 is 1. The number of hydrazone groups is 1. The average Bonchev–Trinajstić information content (AvgIpc) is 2.18. The molecule has 0 amide bonds. The van der Waals surface area contributed by atoms with Crippen molar-refractivity contribution in [1.29, 1.82) is 0 Å². The maximum absolute atomic E-state index is 11.2. The normalized spacial score (nSPS) is 24.0. The van der Waals surface area contributed by atoms with E-state index in [2.05, 4.69) is 5.10 Å². The second-order valence-electron chi connectivity index (χ2n) is 2.83. The molecule has 6 heteroatoms. The fourth-order valence-electron chi connectivity index (χ4n) is 1.37. The van der Waals surface area contributed by atoms with E-state index in [0.29, 0.717) is 10.4 Å². The Morgan fingerprint density at radius 1 is 1.50 bits per heavy atom. The van der Waals surface area contributed by atoms with Crippen molar-refractivity contribution >= 4 is 6.21 Å². The molecule has 70 valence electrons. The number of hydrogen-bond acceptors (Lipinski definition) is 3. The van der Waals surface area contributed by atoms with Gasteiger partial charge in [-0.1, -0.05) is 12.2 Å². The lowest BCUT2D eigenvalue weighted by Crippen LogP contribution is -2.27. The first-order chi connectivity index (χ1) is 6.70. The van der Waals surface area contributed by atoms with Crippen LogP contribution in [0.25, 0.3) is 0 Å². The van der Waals surface area contributed by atoms with Crippen LogP contribution in [0, 0.1) is 15.0 Å². The lowest BCUT2D eigenvalue weighted by atomic mass is 10.00. The van der Waals surface area contributed by atoms with Gasteiger partial charge in [-0.25, -0.2) is 0 Å². The van der Waals surface area contributed by atoms with Crippen LogP contribution in [0.3, 0.4) is 0 Å². The largest absolute Gasteiger partial charge is 0.304 e. The molecular weight excluding hydrogens is 186 g/mol. The Hall–Kier alpha value is -2.11. The van der Waals surface area contributed by atoms with Gasteiger partial charge < -0.3 is 0 Å². The second-order valence-corrected chi connectivity index (χ2v) is 2.83. The highest BCUT2D eigenvalue weighted by atomic mass is 16.6. The minimum absolute atomic E-state index is 0.122. The van der Waals surface area contributed by atoms with Gasteiger partial charge in [-0.2, -0.15) is 0 Å². The molecule has 0 saturated carbocycles. The summed E-state index contributed by atoms with van der Waals surface area (Å²) in [7, 11) is 0. The Morgan fingerprint density at radius 2 is 2.29 bits per heavy atom. The third kappa shape index (κ3) is 1.17. The van der Waals surface area contributed by atoms with Crippen LogP contribution in [0.4, 0.5) is 0 Å². The number of fused-ring (bicyclic) bond motifs is 1. The van der Waals surface area contributed by atoms with Gasteiger partial charge in [0, 0.05) is 5.10 Å². The minimum atomic E-state index is -0.662. The summed E-state index contributed by atoms with van der Waals surface area (Å²) < 4.78 is 0. The fourth-order valence-corrected chi connectivity index (χ4v) is 1.37. The van der Waals surface area contributed by atoms with E-state index in [1.54, 1.807) is 24.3 Å². The molecule has 1 heterocycles. The Morgan fingerprint density at radius 3 is 3.00 bits per heavy atom. The molecule has 6 nitrogen and oxygen atoms in total. The summed E-state index contributed by atoms with van der Waals surface area (Å²) in [6.07, 6.45) is 7.42. The molecule has 0 saturated heterocycles. The average molecular weight is 192 g/mol. The van der Waals surface area contributed by atoms with Crippen molar-refractivity contribution in [3.63, 3.8) is 0 Å². The van der Waals surface area contributed by atoms with E-state index in [0.717, 1.165) is 6.21 Å². The first-order valence-electron chi connectivity index (χ1n) is 3.94. The van der Waals surface area contributed by atoms with Gasteiger partial charge in [0.05, 0.1) is 9.83 Å². The SMILES string of the molecule is O=[N+]([O-])C1=C2C=CC=CC2[N+](=O)N=C1. The zero-order valence-electron chi connectivity index (χ0n) is 7.03. The summed E-state index contributed by atoms with van der Waals surface area (Å²) in [5.41, 5.74) is 0.255. The van der Waals surface area contributed by atoms with E-state index >= 15 is 0 Å². The molecule has 1 unspecified atom stereocenters. The topological polar surface area (TPSA) is 75.6 Å². The number of allylic oxidation sites excluding steroid dienone is 3. The smallest absolute Gasteiger partial charge is 0.258 e. The standard InChI is InChI=1S/C8H6N3O3/c12-10-7-4-2-1-3-6(7)8(5-9-10)11(13)14/h1-5,7H/q+1. The van der Waals surface area contributed by atoms with Gasteiger partial charge in [0.25, 0.3) is 6.04 Å². The first kappa shape index (κ1) is 8.49. The predicted octanol–water partition coefficient (Wildman–Crippen LogP) is 0.790. The zero-order valence-corrected chi connectivity index (χ0v) is 7.03. The van der Waals surface area contributed by atoms with Crippen LogP contribution in [-0.2, 0) is 0 Å². The molecule has 0 bridgehead atoms. The quantitative estimate of drug-likeness (QED) is 0.350.